The van der Waals surface area contributed by atoms with Crippen LogP contribution in [-0.2, 0) is 15.7 Å². The SMILES string of the molecule is Cc1ccnc(B2OC(C)(C)C(C)(C)O2)c1CC(F)F. The van der Waals surface area contributed by atoms with Crippen LogP contribution < -0.4 is 5.59 Å². The van der Waals surface area contributed by atoms with Crippen molar-refractivity contribution in [3.8, 4) is 0 Å². The number of aromatic nitrogens is 1. The van der Waals surface area contributed by atoms with Crippen LogP contribution in [0.4, 0.5) is 8.78 Å². The third kappa shape index (κ3) is 2.72. The second kappa shape index (κ2) is 5.08. The van der Waals surface area contributed by atoms with Crippen LogP contribution in [0.2, 0.25) is 0 Å². The second-order valence-corrected chi connectivity index (χ2v) is 6.18. The van der Waals surface area contributed by atoms with E-state index in [1.54, 1.807) is 19.2 Å². The van der Waals surface area contributed by atoms with Crippen LogP contribution in [0.5, 0.6) is 0 Å². The largest absolute Gasteiger partial charge is 0.514 e. The molecule has 1 aromatic heterocycles. The third-order valence-electron chi connectivity index (χ3n) is 4.16. The van der Waals surface area contributed by atoms with Gasteiger partial charge in [0.2, 0.25) is 6.43 Å². The number of aryl methyl sites for hydroxylation is 1. The lowest BCUT2D eigenvalue weighted by atomic mass is 9.79. The Balaban J connectivity index is 2.37. The van der Waals surface area contributed by atoms with Crippen molar-refractivity contribution in [1.82, 2.24) is 4.98 Å². The number of alkyl halides is 2. The monoisotopic (exact) mass is 283 g/mol. The molecule has 0 radical (unpaired) electrons. The lowest BCUT2D eigenvalue weighted by Crippen LogP contribution is -2.41. The highest BCUT2D eigenvalue weighted by Crippen LogP contribution is 2.36. The van der Waals surface area contributed by atoms with Crippen LogP contribution in [0, 0.1) is 6.92 Å². The van der Waals surface area contributed by atoms with Crippen LogP contribution in [0.1, 0.15) is 38.8 Å². The summed E-state index contributed by atoms with van der Waals surface area (Å²) in [5, 5.41) is 0. The molecule has 6 heteroatoms. The average Bonchev–Trinajstić information content (AvgIpc) is 2.50. The normalized spacial score (nSPS) is 20.7. The van der Waals surface area contributed by atoms with Gasteiger partial charge in [-0.25, -0.2) is 8.78 Å². The van der Waals surface area contributed by atoms with Crippen molar-refractivity contribution in [2.45, 2.75) is 58.7 Å². The zero-order chi connectivity index (χ0) is 15.1. The Hall–Kier alpha value is -1.01. The van der Waals surface area contributed by atoms with E-state index in [-0.39, 0.29) is 6.42 Å². The van der Waals surface area contributed by atoms with E-state index in [1.807, 2.05) is 27.7 Å². The first-order valence-corrected chi connectivity index (χ1v) is 6.72. The quantitative estimate of drug-likeness (QED) is 0.799. The first kappa shape index (κ1) is 15.4. The van der Waals surface area contributed by atoms with Gasteiger partial charge in [0, 0.05) is 12.6 Å². The van der Waals surface area contributed by atoms with E-state index in [0.717, 1.165) is 5.56 Å². The van der Waals surface area contributed by atoms with Crippen molar-refractivity contribution in [2.24, 2.45) is 0 Å². The zero-order valence-electron chi connectivity index (χ0n) is 12.5. The third-order valence-corrected chi connectivity index (χ3v) is 4.16. The van der Waals surface area contributed by atoms with E-state index in [1.165, 1.54) is 0 Å². The van der Waals surface area contributed by atoms with Crippen LogP contribution in [0.15, 0.2) is 12.3 Å². The maximum absolute atomic E-state index is 12.8. The molecule has 20 heavy (non-hydrogen) atoms. The molecule has 0 aromatic carbocycles. The number of rotatable bonds is 3. The topological polar surface area (TPSA) is 31.4 Å². The molecule has 1 saturated heterocycles. The fourth-order valence-electron chi connectivity index (χ4n) is 2.19. The van der Waals surface area contributed by atoms with Gasteiger partial charge in [0.05, 0.1) is 16.8 Å². The number of hydrogen-bond donors (Lipinski definition) is 0. The van der Waals surface area contributed by atoms with Crippen molar-refractivity contribution >= 4 is 12.7 Å². The number of halogens is 2. The molecule has 1 aliphatic rings. The molecule has 0 unspecified atom stereocenters. The summed E-state index contributed by atoms with van der Waals surface area (Å²) in [7, 11) is -0.700. The highest BCUT2D eigenvalue weighted by Gasteiger charge is 2.53. The number of pyridine rings is 1. The molecule has 0 bridgehead atoms. The van der Waals surface area contributed by atoms with Gasteiger partial charge in [0.25, 0.3) is 0 Å². The molecule has 3 nitrogen and oxygen atoms in total. The molecule has 0 amide bonds. The average molecular weight is 283 g/mol. The minimum atomic E-state index is -2.42. The fraction of sp³-hybridized carbons (Fsp3) is 0.643. The molecule has 2 rings (SSSR count). The Morgan fingerprint density at radius 3 is 2.25 bits per heavy atom. The molecular formula is C14H20BF2NO2. The van der Waals surface area contributed by atoms with Crippen molar-refractivity contribution in [3.05, 3.63) is 23.4 Å². The molecule has 0 N–H and O–H groups in total. The summed E-state index contributed by atoms with van der Waals surface area (Å²) in [4.78, 5) is 4.22. The molecule has 1 aromatic rings. The van der Waals surface area contributed by atoms with Gasteiger partial charge in [0.1, 0.15) is 0 Å². The van der Waals surface area contributed by atoms with Gasteiger partial charge in [-0.3, -0.25) is 4.98 Å². The lowest BCUT2D eigenvalue weighted by molar-refractivity contribution is 0.00578. The van der Waals surface area contributed by atoms with Crippen molar-refractivity contribution < 1.29 is 18.1 Å². The summed E-state index contributed by atoms with van der Waals surface area (Å²) in [6, 6.07) is 1.73. The fourth-order valence-corrected chi connectivity index (χ4v) is 2.19. The van der Waals surface area contributed by atoms with Gasteiger partial charge in [-0.15, -0.1) is 0 Å². The molecule has 0 aliphatic carbocycles. The molecule has 0 spiro atoms. The standard InChI is InChI=1S/C14H20BF2NO2/c1-9-6-7-18-12(10(9)8-11(16)17)15-19-13(2,3)14(4,5)20-15/h6-7,11H,8H2,1-5H3. The van der Waals surface area contributed by atoms with E-state index in [4.69, 9.17) is 9.31 Å². The molecule has 0 atom stereocenters. The van der Waals surface area contributed by atoms with E-state index in [2.05, 4.69) is 4.98 Å². The summed E-state index contributed by atoms with van der Waals surface area (Å²) in [6.45, 7) is 9.50. The van der Waals surface area contributed by atoms with E-state index < -0.39 is 24.7 Å². The smallest absolute Gasteiger partial charge is 0.398 e. The minimum Gasteiger partial charge on any atom is -0.398 e. The van der Waals surface area contributed by atoms with Gasteiger partial charge in [0.15, 0.2) is 0 Å². The second-order valence-electron chi connectivity index (χ2n) is 6.18. The first-order valence-electron chi connectivity index (χ1n) is 6.72. The predicted octanol–water partition coefficient (Wildman–Crippen LogP) is 2.50. The van der Waals surface area contributed by atoms with Gasteiger partial charge in [-0.05, 0) is 51.8 Å². The molecule has 1 aliphatic heterocycles. The molecule has 0 saturated carbocycles. The molecule has 2 heterocycles. The van der Waals surface area contributed by atoms with Crippen molar-refractivity contribution in [3.63, 3.8) is 0 Å². The molecule has 110 valence electrons. The van der Waals surface area contributed by atoms with Crippen LogP contribution in [0.3, 0.4) is 0 Å². The summed E-state index contributed by atoms with van der Waals surface area (Å²) in [6.07, 6.45) is -1.15. The molecular weight excluding hydrogens is 263 g/mol. The van der Waals surface area contributed by atoms with E-state index in [0.29, 0.717) is 11.2 Å². The van der Waals surface area contributed by atoms with Crippen molar-refractivity contribution in [2.75, 3.05) is 0 Å². The number of hydrogen-bond acceptors (Lipinski definition) is 3. The maximum atomic E-state index is 12.8. The Morgan fingerprint density at radius 1 is 1.20 bits per heavy atom. The molecule has 1 fully saturated rings. The summed E-state index contributed by atoms with van der Waals surface area (Å²) in [5.74, 6) is 0. The summed E-state index contributed by atoms with van der Waals surface area (Å²) >= 11 is 0. The minimum absolute atomic E-state index is 0.334. The van der Waals surface area contributed by atoms with Crippen LogP contribution in [0.25, 0.3) is 0 Å². The van der Waals surface area contributed by atoms with Crippen LogP contribution in [-0.4, -0.2) is 29.7 Å². The summed E-state index contributed by atoms with van der Waals surface area (Å²) < 4.78 is 37.3. The Labute approximate surface area is 118 Å². The Bertz CT molecular complexity index is 490. The number of nitrogens with zero attached hydrogens (tertiary/aromatic N) is 1. The van der Waals surface area contributed by atoms with Gasteiger partial charge >= 0.3 is 7.12 Å². The predicted molar refractivity (Wildman–Crippen MR) is 74.4 cm³/mol. The van der Waals surface area contributed by atoms with Crippen molar-refractivity contribution in [1.29, 1.82) is 0 Å². The van der Waals surface area contributed by atoms with E-state index >= 15 is 0 Å². The summed E-state index contributed by atoms with van der Waals surface area (Å²) in [5.41, 5.74) is 0.742. The van der Waals surface area contributed by atoms with Gasteiger partial charge in [-0.1, -0.05) is 0 Å². The highest BCUT2D eigenvalue weighted by atomic mass is 19.3. The Morgan fingerprint density at radius 2 is 1.75 bits per heavy atom. The first-order chi connectivity index (χ1) is 9.14. The lowest BCUT2D eigenvalue weighted by Gasteiger charge is -2.32. The van der Waals surface area contributed by atoms with Crippen LogP contribution >= 0.6 is 0 Å². The van der Waals surface area contributed by atoms with E-state index in [9.17, 15) is 8.78 Å². The highest BCUT2D eigenvalue weighted by molar-refractivity contribution is 6.61. The van der Waals surface area contributed by atoms with Gasteiger partial charge < -0.3 is 9.31 Å². The maximum Gasteiger partial charge on any atom is 0.514 e. The zero-order valence-corrected chi connectivity index (χ0v) is 12.5. The van der Waals surface area contributed by atoms with Gasteiger partial charge in [-0.2, -0.15) is 0 Å². The Kier molecular flexibility index (Phi) is 3.91.